The summed E-state index contributed by atoms with van der Waals surface area (Å²) in [6.45, 7) is 6.19. The lowest BCUT2D eigenvalue weighted by Gasteiger charge is -2.26. The highest BCUT2D eigenvalue weighted by atomic mass is 16.2. The topological polar surface area (TPSA) is 57.3 Å². The maximum Gasteiger partial charge on any atom is 0.238 e. The van der Waals surface area contributed by atoms with E-state index in [0.717, 1.165) is 37.4 Å². The average Bonchev–Trinajstić information content (AvgIpc) is 2.33. The quantitative estimate of drug-likeness (QED) is 0.786. The van der Waals surface area contributed by atoms with Crippen molar-refractivity contribution >= 4 is 11.6 Å². The van der Waals surface area contributed by atoms with E-state index in [2.05, 4.69) is 20.5 Å². The number of nitrogens with zero attached hydrogens (tertiary/aromatic N) is 2. The highest BCUT2D eigenvalue weighted by molar-refractivity contribution is 5.92. The average molecular weight is 234 g/mol. The molecule has 1 aromatic rings. The molecule has 0 saturated carbocycles. The third-order valence-electron chi connectivity index (χ3n) is 2.87. The Hall–Kier alpha value is -1.46. The van der Waals surface area contributed by atoms with E-state index in [1.807, 2.05) is 13.0 Å². The number of anilines is 1. The van der Waals surface area contributed by atoms with Gasteiger partial charge in [0.25, 0.3) is 0 Å². The fourth-order valence-electron chi connectivity index (χ4n) is 1.88. The second kappa shape index (κ2) is 5.75. The van der Waals surface area contributed by atoms with Crippen LogP contribution in [0.2, 0.25) is 0 Å². The maximum atomic E-state index is 11.8. The molecule has 0 radical (unpaired) electrons. The summed E-state index contributed by atoms with van der Waals surface area (Å²) in [5.74, 6) is 0.0428. The monoisotopic (exact) mass is 234 g/mol. The van der Waals surface area contributed by atoms with E-state index < -0.39 is 0 Å². The predicted molar refractivity (Wildman–Crippen MR) is 66.9 cm³/mol. The van der Waals surface area contributed by atoms with Gasteiger partial charge in [-0.15, -0.1) is 0 Å². The van der Waals surface area contributed by atoms with Crippen LogP contribution in [0.5, 0.6) is 0 Å². The van der Waals surface area contributed by atoms with Crippen molar-refractivity contribution in [3.8, 4) is 0 Å². The summed E-state index contributed by atoms with van der Waals surface area (Å²) in [7, 11) is 0. The summed E-state index contributed by atoms with van der Waals surface area (Å²) in [5, 5.41) is 6.18. The number of hydrogen-bond donors (Lipinski definition) is 2. The lowest BCUT2D eigenvalue weighted by atomic mass is 10.2. The van der Waals surface area contributed by atoms with Crippen molar-refractivity contribution in [3.63, 3.8) is 0 Å². The molecule has 2 N–H and O–H groups in total. The molecule has 2 heterocycles. The largest absolute Gasteiger partial charge is 0.325 e. The van der Waals surface area contributed by atoms with Crippen LogP contribution in [0.15, 0.2) is 18.5 Å². The molecule has 0 unspecified atom stereocenters. The molecule has 2 rings (SSSR count). The second-order valence-electron chi connectivity index (χ2n) is 4.26. The van der Waals surface area contributed by atoms with Gasteiger partial charge in [-0.1, -0.05) is 0 Å². The molecule has 0 atom stereocenters. The highest BCUT2D eigenvalue weighted by Crippen LogP contribution is 2.11. The minimum absolute atomic E-state index is 0.0428. The Balaban J connectivity index is 1.86. The SMILES string of the molecule is Cc1cnccc1NC(=O)CN1CCNCC1. The summed E-state index contributed by atoms with van der Waals surface area (Å²) >= 11 is 0. The van der Waals surface area contributed by atoms with E-state index in [1.54, 1.807) is 12.4 Å². The Morgan fingerprint density at radius 3 is 3.00 bits per heavy atom. The summed E-state index contributed by atoms with van der Waals surface area (Å²) < 4.78 is 0. The normalized spacial score (nSPS) is 16.8. The Morgan fingerprint density at radius 1 is 1.53 bits per heavy atom. The molecule has 1 aliphatic rings. The first kappa shape index (κ1) is 12.0. The molecule has 5 heteroatoms. The van der Waals surface area contributed by atoms with E-state index in [-0.39, 0.29) is 5.91 Å². The van der Waals surface area contributed by atoms with Crippen LogP contribution in [0.25, 0.3) is 0 Å². The van der Waals surface area contributed by atoms with Crippen LogP contribution in [-0.4, -0.2) is 48.5 Å². The van der Waals surface area contributed by atoms with Gasteiger partial charge in [-0.05, 0) is 18.6 Å². The standard InChI is InChI=1S/C12H18N4O/c1-10-8-14-3-2-11(10)15-12(17)9-16-6-4-13-5-7-16/h2-3,8,13H,4-7,9H2,1H3,(H,14,15,17). The lowest BCUT2D eigenvalue weighted by molar-refractivity contribution is -0.117. The highest BCUT2D eigenvalue weighted by Gasteiger charge is 2.13. The minimum Gasteiger partial charge on any atom is -0.325 e. The minimum atomic E-state index is 0.0428. The number of nitrogens with one attached hydrogen (secondary N) is 2. The molecule has 0 aliphatic carbocycles. The van der Waals surface area contributed by atoms with E-state index >= 15 is 0 Å². The molecule has 0 spiro atoms. The van der Waals surface area contributed by atoms with Crippen LogP contribution >= 0.6 is 0 Å². The van der Waals surface area contributed by atoms with Crippen molar-refractivity contribution in [1.29, 1.82) is 0 Å². The van der Waals surface area contributed by atoms with Crippen LogP contribution in [0.1, 0.15) is 5.56 Å². The van der Waals surface area contributed by atoms with Crippen molar-refractivity contribution in [2.45, 2.75) is 6.92 Å². The van der Waals surface area contributed by atoms with Crippen molar-refractivity contribution in [2.24, 2.45) is 0 Å². The predicted octanol–water partition coefficient (Wildman–Crippen LogP) is 0.234. The first-order chi connectivity index (χ1) is 8.25. The molecular formula is C12H18N4O. The van der Waals surface area contributed by atoms with Crippen molar-refractivity contribution < 1.29 is 4.79 Å². The fraction of sp³-hybridized carbons (Fsp3) is 0.500. The van der Waals surface area contributed by atoms with E-state index in [1.165, 1.54) is 0 Å². The van der Waals surface area contributed by atoms with Gasteiger partial charge in [0.15, 0.2) is 0 Å². The number of piperazine rings is 1. The zero-order valence-electron chi connectivity index (χ0n) is 10.1. The molecule has 1 fully saturated rings. The molecule has 1 saturated heterocycles. The molecule has 5 nitrogen and oxygen atoms in total. The third-order valence-corrected chi connectivity index (χ3v) is 2.87. The molecule has 17 heavy (non-hydrogen) atoms. The number of rotatable bonds is 3. The Morgan fingerprint density at radius 2 is 2.29 bits per heavy atom. The number of aryl methyl sites for hydroxylation is 1. The van der Waals surface area contributed by atoms with Gasteiger partial charge in [0.2, 0.25) is 5.91 Å². The molecule has 1 amide bonds. The number of carbonyl (C=O) groups excluding carboxylic acids is 1. The van der Waals surface area contributed by atoms with E-state index in [4.69, 9.17) is 0 Å². The number of pyridine rings is 1. The van der Waals surface area contributed by atoms with Crippen molar-refractivity contribution in [3.05, 3.63) is 24.0 Å². The van der Waals surface area contributed by atoms with Crippen LogP contribution < -0.4 is 10.6 Å². The molecule has 0 aromatic carbocycles. The molecule has 1 aliphatic heterocycles. The molecule has 92 valence electrons. The fourth-order valence-corrected chi connectivity index (χ4v) is 1.88. The number of aromatic nitrogens is 1. The zero-order chi connectivity index (χ0) is 12.1. The van der Waals surface area contributed by atoms with Gasteiger partial charge in [-0.2, -0.15) is 0 Å². The smallest absolute Gasteiger partial charge is 0.238 e. The van der Waals surface area contributed by atoms with Gasteiger partial charge in [0.1, 0.15) is 0 Å². The van der Waals surface area contributed by atoms with Crippen molar-refractivity contribution in [2.75, 3.05) is 38.0 Å². The summed E-state index contributed by atoms with van der Waals surface area (Å²) in [5.41, 5.74) is 1.83. The molecule has 0 bridgehead atoms. The molecule has 1 aromatic heterocycles. The van der Waals surface area contributed by atoms with Gasteiger partial charge in [-0.3, -0.25) is 14.7 Å². The van der Waals surface area contributed by atoms with Gasteiger partial charge in [-0.25, -0.2) is 0 Å². The third kappa shape index (κ3) is 3.51. The van der Waals surface area contributed by atoms with E-state index in [9.17, 15) is 4.79 Å². The van der Waals surface area contributed by atoms with Crippen LogP contribution in [0.3, 0.4) is 0 Å². The van der Waals surface area contributed by atoms with Gasteiger partial charge in [0.05, 0.1) is 6.54 Å². The summed E-state index contributed by atoms with van der Waals surface area (Å²) in [6.07, 6.45) is 3.44. The van der Waals surface area contributed by atoms with Crippen molar-refractivity contribution in [1.82, 2.24) is 15.2 Å². The first-order valence-corrected chi connectivity index (χ1v) is 5.89. The van der Waals surface area contributed by atoms with Crippen LogP contribution in [0, 0.1) is 6.92 Å². The van der Waals surface area contributed by atoms with Gasteiger partial charge in [0, 0.05) is 44.3 Å². The van der Waals surface area contributed by atoms with Gasteiger partial charge >= 0.3 is 0 Å². The van der Waals surface area contributed by atoms with Crippen LogP contribution in [-0.2, 0) is 4.79 Å². The molecular weight excluding hydrogens is 216 g/mol. The zero-order valence-corrected chi connectivity index (χ0v) is 10.1. The van der Waals surface area contributed by atoms with Gasteiger partial charge < -0.3 is 10.6 Å². The second-order valence-corrected chi connectivity index (χ2v) is 4.26. The maximum absolute atomic E-state index is 11.8. The number of carbonyl (C=O) groups is 1. The Kier molecular flexibility index (Phi) is 4.06. The first-order valence-electron chi connectivity index (χ1n) is 5.89. The summed E-state index contributed by atoms with van der Waals surface area (Å²) in [6, 6.07) is 1.82. The Labute approximate surface area is 101 Å². The Bertz CT molecular complexity index is 388. The number of amides is 1. The lowest BCUT2D eigenvalue weighted by Crippen LogP contribution is -2.46. The number of hydrogen-bond acceptors (Lipinski definition) is 4. The van der Waals surface area contributed by atoms with Crippen LogP contribution in [0.4, 0.5) is 5.69 Å². The summed E-state index contributed by atoms with van der Waals surface area (Å²) in [4.78, 5) is 18.0. The van der Waals surface area contributed by atoms with E-state index in [0.29, 0.717) is 6.54 Å².